The molecule has 1 saturated heterocycles. The van der Waals surface area contributed by atoms with E-state index in [4.69, 9.17) is 0 Å². The van der Waals surface area contributed by atoms with Crippen molar-refractivity contribution in [3.63, 3.8) is 0 Å². The molecular weight excluding hydrogens is 364 g/mol. The van der Waals surface area contributed by atoms with Crippen molar-refractivity contribution in [2.75, 3.05) is 32.7 Å². The lowest BCUT2D eigenvalue weighted by atomic mass is 10.1. The molecule has 27 heavy (non-hydrogen) atoms. The summed E-state index contributed by atoms with van der Waals surface area (Å²) in [7, 11) is -3.72. The van der Waals surface area contributed by atoms with Crippen molar-refractivity contribution in [1.29, 1.82) is 5.26 Å². The lowest BCUT2D eigenvalue weighted by molar-refractivity contribution is 0.0901. The summed E-state index contributed by atoms with van der Waals surface area (Å²) in [6.45, 7) is 5.58. The Balaban J connectivity index is 1.66. The van der Waals surface area contributed by atoms with Crippen LogP contribution in [-0.2, 0) is 10.0 Å². The molecule has 8 heteroatoms. The molecule has 0 bridgehead atoms. The second-order valence-electron chi connectivity index (χ2n) is 6.70. The standard InChI is InChI=1S/C19H22N4O3S/c1-14-11-17(15(2)21-14)18(24)13-22-7-9-23(10-8-22)27(25,26)19-6-4-3-5-16(19)12-20/h3-6,11,21H,7-10,13H2,1-2H3. The minimum Gasteiger partial charge on any atom is -0.362 e. The smallest absolute Gasteiger partial charge is 0.244 e. The van der Waals surface area contributed by atoms with E-state index in [0.717, 1.165) is 11.4 Å². The maximum Gasteiger partial charge on any atom is 0.244 e. The highest BCUT2D eigenvalue weighted by Crippen LogP contribution is 2.21. The summed E-state index contributed by atoms with van der Waals surface area (Å²) in [5.74, 6) is 0.0305. The Kier molecular flexibility index (Phi) is 5.46. The van der Waals surface area contributed by atoms with Crippen LogP contribution in [0.1, 0.15) is 27.3 Å². The molecule has 1 aliphatic rings. The molecule has 0 radical (unpaired) electrons. The van der Waals surface area contributed by atoms with Gasteiger partial charge in [0.25, 0.3) is 0 Å². The highest BCUT2D eigenvalue weighted by atomic mass is 32.2. The maximum atomic E-state index is 12.8. The fourth-order valence-electron chi connectivity index (χ4n) is 3.35. The number of rotatable bonds is 5. The summed E-state index contributed by atoms with van der Waals surface area (Å²) >= 11 is 0. The minimum atomic E-state index is -3.72. The summed E-state index contributed by atoms with van der Waals surface area (Å²) in [6, 6.07) is 10.0. The van der Waals surface area contributed by atoms with Gasteiger partial charge in [-0.25, -0.2) is 8.42 Å². The van der Waals surface area contributed by atoms with Crippen LogP contribution in [0.3, 0.4) is 0 Å². The van der Waals surface area contributed by atoms with E-state index in [9.17, 15) is 18.5 Å². The van der Waals surface area contributed by atoms with E-state index in [1.165, 1.54) is 16.4 Å². The second kappa shape index (κ2) is 7.64. The maximum absolute atomic E-state index is 12.8. The first-order chi connectivity index (χ1) is 12.8. The molecule has 7 nitrogen and oxygen atoms in total. The Morgan fingerprint density at radius 3 is 2.44 bits per heavy atom. The zero-order chi connectivity index (χ0) is 19.6. The van der Waals surface area contributed by atoms with Gasteiger partial charge in [0.15, 0.2) is 5.78 Å². The summed E-state index contributed by atoms with van der Waals surface area (Å²) in [5.41, 5.74) is 2.63. The van der Waals surface area contributed by atoms with Gasteiger partial charge in [-0.15, -0.1) is 0 Å². The number of hydrogen-bond donors (Lipinski definition) is 1. The average molecular weight is 386 g/mol. The van der Waals surface area contributed by atoms with Gasteiger partial charge < -0.3 is 4.98 Å². The molecule has 0 aliphatic carbocycles. The van der Waals surface area contributed by atoms with Gasteiger partial charge in [-0.05, 0) is 32.0 Å². The van der Waals surface area contributed by atoms with Crippen LogP contribution in [0.2, 0.25) is 0 Å². The number of benzene rings is 1. The number of aromatic nitrogens is 1. The molecule has 1 aliphatic heterocycles. The number of nitrogens with one attached hydrogen (secondary N) is 1. The van der Waals surface area contributed by atoms with Crippen molar-refractivity contribution in [1.82, 2.24) is 14.2 Å². The first-order valence-corrected chi connectivity index (χ1v) is 10.2. The van der Waals surface area contributed by atoms with E-state index in [1.807, 2.05) is 30.9 Å². The Labute approximate surface area is 159 Å². The summed E-state index contributed by atoms with van der Waals surface area (Å²) in [5, 5.41) is 9.17. The third-order valence-corrected chi connectivity index (χ3v) is 6.73. The Hall–Kier alpha value is -2.47. The molecule has 0 spiro atoms. The lowest BCUT2D eigenvalue weighted by Crippen LogP contribution is -2.49. The van der Waals surface area contributed by atoms with E-state index in [-0.39, 0.29) is 22.8 Å². The SMILES string of the molecule is Cc1cc(C(=O)CN2CCN(S(=O)(=O)c3ccccc3C#N)CC2)c(C)[nH]1. The molecule has 1 N–H and O–H groups in total. The van der Waals surface area contributed by atoms with Gasteiger partial charge >= 0.3 is 0 Å². The number of piperazine rings is 1. The van der Waals surface area contributed by atoms with Crippen molar-refractivity contribution in [2.24, 2.45) is 0 Å². The molecule has 0 unspecified atom stereocenters. The number of aryl methyl sites for hydroxylation is 2. The van der Waals surface area contributed by atoms with Crippen LogP contribution in [-0.4, -0.2) is 61.1 Å². The van der Waals surface area contributed by atoms with Crippen molar-refractivity contribution < 1.29 is 13.2 Å². The number of hydrogen-bond acceptors (Lipinski definition) is 5. The quantitative estimate of drug-likeness (QED) is 0.789. The van der Waals surface area contributed by atoms with Crippen LogP contribution in [0, 0.1) is 25.2 Å². The van der Waals surface area contributed by atoms with Gasteiger partial charge in [0, 0.05) is 43.1 Å². The van der Waals surface area contributed by atoms with E-state index < -0.39 is 10.0 Å². The Morgan fingerprint density at radius 2 is 1.85 bits per heavy atom. The van der Waals surface area contributed by atoms with Crippen LogP contribution < -0.4 is 0 Å². The van der Waals surface area contributed by atoms with Gasteiger partial charge in [0.05, 0.1) is 17.0 Å². The average Bonchev–Trinajstić information content (AvgIpc) is 3.00. The van der Waals surface area contributed by atoms with Crippen molar-refractivity contribution in [2.45, 2.75) is 18.7 Å². The molecule has 0 atom stereocenters. The molecule has 2 heterocycles. The van der Waals surface area contributed by atoms with Gasteiger partial charge in [0.2, 0.25) is 10.0 Å². The number of nitrogens with zero attached hydrogens (tertiary/aromatic N) is 3. The molecular formula is C19H22N4O3S. The minimum absolute atomic E-state index is 0.0305. The van der Waals surface area contributed by atoms with E-state index in [2.05, 4.69) is 4.98 Å². The van der Waals surface area contributed by atoms with Crippen LogP contribution in [0.5, 0.6) is 0 Å². The number of carbonyl (C=O) groups is 1. The molecule has 0 amide bonds. The Bertz CT molecular complexity index is 996. The van der Waals surface area contributed by atoms with Crippen LogP contribution in [0.4, 0.5) is 0 Å². The van der Waals surface area contributed by atoms with Crippen LogP contribution in [0.15, 0.2) is 35.2 Å². The molecule has 0 saturated carbocycles. The fraction of sp³-hybridized carbons (Fsp3) is 0.368. The topological polar surface area (TPSA) is 97.3 Å². The molecule has 1 aromatic heterocycles. The first kappa shape index (κ1) is 19.3. The fourth-order valence-corrected chi connectivity index (χ4v) is 4.92. The predicted molar refractivity (Wildman–Crippen MR) is 101 cm³/mol. The molecule has 1 fully saturated rings. The predicted octanol–water partition coefficient (Wildman–Crippen LogP) is 1.69. The van der Waals surface area contributed by atoms with Gasteiger partial charge in [-0.1, -0.05) is 12.1 Å². The highest BCUT2D eigenvalue weighted by Gasteiger charge is 2.30. The molecule has 1 aromatic carbocycles. The zero-order valence-electron chi connectivity index (χ0n) is 15.4. The molecule has 2 aromatic rings. The molecule has 3 rings (SSSR count). The number of H-pyrrole nitrogens is 1. The number of aromatic amines is 1. The second-order valence-corrected chi connectivity index (χ2v) is 8.61. The number of Topliss-reactive ketones (excluding diaryl/α,β-unsaturated/α-hetero) is 1. The Morgan fingerprint density at radius 1 is 1.19 bits per heavy atom. The van der Waals surface area contributed by atoms with E-state index >= 15 is 0 Å². The first-order valence-electron chi connectivity index (χ1n) is 8.74. The zero-order valence-corrected chi connectivity index (χ0v) is 16.2. The lowest BCUT2D eigenvalue weighted by Gasteiger charge is -2.33. The van der Waals surface area contributed by atoms with E-state index in [1.54, 1.807) is 12.1 Å². The van der Waals surface area contributed by atoms with Crippen LogP contribution in [0.25, 0.3) is 0 Å². The number of ketones is 1. The normalized spacial score (nSPS) is 16.2. The van der Waals surface area contributed by atoms with Gasteiger partial charge in [0.1, 0.15) is 6.07 Å². The molecule has 142 valence electrons. The summed E-state index contributed by atoms with van der Waals surface area (Å²) in [4.78, 5) is 17.6. The largest absolute Gasteiger partial charge is 0.362 e. The van der Waals surface area contributed by atoms with Gasteiger partial charge in [-0.2, -0.15) is 9.57 Å². The van der Waals surface area contributed by atoms with Crippen molar-refractivity contribution in [3.8, 4) is 6.07 Å². The third kappa shape index (κ3) is 3.95. The highest BCUT2D eigenvalue weighted by molar-refractivity contribution is 7.89. The van der Waals surface area contributed by atoms with Crippen molar-refractivity contribution in [3.05, 3.63) is 52.8 Å². The van der Waals surface area contributed by atoms with Gasteiger partial charge in [-0.3, -0.25) is 9.69 Å². The van der Waals surface area contributed by atoms with E-state index in [0.29, 0.717) is 31.7 Å². The van der Waals surface area contributed by atoms with Crippen LogP contribution >= 0.6 is 0 Å². The number of nitriles is 1. The number of carbonyl (C=O) groups excluding carboxylic acids is 1. The summed E-state index contributed by atoms with van der Waals surface area (Å²) in [6.07, 6.45) is 0. The van der Waals surface area contributed by atoms with Crippen molar-refractivity contribution >= 4 is 15.8 Å². The monoisotopic (exact) mass is 386 g/mol. The number of sulfonamides is 1. The third-order valence-electron chi connectivity index (χ3n) is 4.77. The summed E-state index contributed by atoms with van der Waals surface area (Å²) < 4.78 is 27.1.